The molecule has 1 aliphatic heterocycles. The average Bonchev–Trinajstić information content (AvgIpc) is 3.09. The van der Waals surface area contributed by atoms with Crippen LogP contribution in [0.4, 0.5) is 0 Å². The second kappa shape index (κ2) is 6.71. The molecule has 1 heterocycles. The minimum Gasteiger partial charge on any atom is -0.298 e. The summed E-state index contributed by atoms with van der Waals surface area (Å²) in [5.74, 6) is 0.255. The maximum atomic E-state index is 12.5. The van der Waals surface area contributed by atoms with Gasteiger partial charge in [0, 0.05) is 37.8 Å². The molecule has 1 atom stereocenters. The van der Waals surface area contributed by atoms with Crippen LogP contribution < -0.4 is 0 Å². The molecule has 0 bridgehead atoms. The van der Waals surface area contributed by atoms with Gasteiger partial charge in [-0.2, -0.15) is 0 Å². The van der Waals surface area contributed by atoms with Gasteiger partial charge in [-0.15, -0.1) is 0 Å². The highest BCUT2D eigenvalue weighted by atomic mass is 16.1. The van der Waals surface area contributed by atoms with E-state index in [1.165, 1.54) is 25.7 Å². The normalized spacial score (nSPS) is 23.3. The molecule has 3 heteroatoms. The zero-order chi connectivity index (χ0) is 14.7. The Bertz CT molecular complexity index is 459. The number of hydrogen-bond donors (Lipinski definition) is 0. The molecular formula is C18H26N2O. The largest absolute Gasteiger partial charge is 0.298 e. The van der Waals surface area contributed by atoms with Gasteiger partial charge >= 0.3 is 0 Å². The third kappa shape index (κ3) is 3.35. The summed E-state index contributed by atoms with van der Waals surface area (Å²) in [6, 6.07) is 10.5. The van der Waals surface area contributed by atoms with Crippen LogP contribution in [0.3, 0.4) is 0 Å². The van der Waals surface area contributed by atoms with Crippen molar-refractivity contribution in [1.82, 2.24) is 9.80 Å². The number of carbonyl (C=O) groups is 1. The van der Waals surface area contributed by atoms with Crippen LogP contribution in [-0.2, 0) is 0 Å². The van der Waals surface area contributed by atoms with E-state index in [1.54, 1.807) is 0 Å². The molecule has 1 saturated heterocycles. The van der Waals surface area contributed by atoms with Crippen molar-refractivity contribution in [2.24, 2.45) is 0 Å². The van der Waals surface area contributed by atoms with Crippen LogP contribution in [0.5, 0.6) is 0 Å². The Morgan fingerprint density at radius 2 is 1.67 bits per heavy atom. The van der Waals surface area contributed by atoms with E-state index in [2.05, 4.69) is 16.7 Å². The average molecular weight is 286 g/mol. The molecule has 2 fully saturated rings. The molecule has 1 aromatic rings. The SMILES string of the molecule is CC(C(=O)c1ccccc1)N1CCN(C2CCCC2)CC1. The minimum absolute atomic E-state index is 0.00173. The van der Waals surface area contributed by atoms with Crippen molar-refractivity contribution in [2.75, 3.05) is 26.2 Å². The third-order valence-corrected chi connectivity index (χ3v) is 5.18. The molecular weight excluding hydrogens is 260 g/mol. The van der Waals surface area contributed by atoms with Crippen LogP contribution in [0.1, 0.15) is 43.0 Å². The molecule has 1 aromatic carbocycles. The van der Waals surface area contributed by atoms with Crippen molar-refractivity contribution in [1.29, 1.82) is 0 Å². The summed E-state index contributed by atoms with van der Waals surface area (Å²) in [6.45, 7) is 6.35. The first-order valence-corrected chi connectivity index (χ1v) is 8.33. The summed E-state index contributed by atoms with van der Waals surface area (Å²) in [4.78, 5) is 17.5. The highest BCUT2D eigenvalue weighted by Crippen LogP contribution is 2.24. The molecule has 21 heavy (non-hydrogen) atoms. The first-order chi connectivity index (χ1) is 10.3. The Morgan fingerprint density at radius 3 is 2.29 bits per heavy atom. The van der Waals surface area contributed by atoms with Crippen LogP contribution in [0.25, 0.3) is 0 Å². The zero-order valence-corrected chi connectivity index (χ0v) is 13.0. The fourth-order valence-electron chi connectivity index (χ4n) is 3.77. The van der Waals surface area contributed by atoms with Crippen molar-refractivity contribution < 1.29 is 4.79 Å². The Morgan fingerprint density at radius 1 is 1.05 bits per heavy atom. The van der Waals surface area contributed by atoms with E-state index < -0.39 is 0 Å². The predicted octanol–water partition coefficient (Wildman–Crippen LogP) is 2.82. The molecule has 0 amide bonds. The lowest BCUT2D eigenvalue weighted by Crippen LogP contribution is -2.53. The van der Waals surface area contributed by atoms with Crippen molar-refractivity contribution in [2.45, 2.75) is 44.7 Å². The summed E-state index contributed by atoms with van der Waals surface area (Å²) >= 11 is 0. The quantitative estimate of drug-likeness (QED) is 0.795. The zero-order valence-electron chi connectivity index (χ0n) is 13.0. The van der Waals surface area contributed by atoms with Gasteiger partial charge in [-0.25, -0.2) is 0 Å². The van der Waals surface area contributed by atoms with Gasteiger partial charge < -0.3 is 0 Å². The molecule has 114 valence electrons. The van der Waals surface area contributed by atoms with Crippen molar-refractivity contribution in [3.63, 3.8) is 0 Å². The summed E-state index contributed by atoms with van der Waals surface area (Å²) in [7, 11) is 0. The van der Waals surface area contributed by atoms with E-state index in [1.807, 2.05) is 30.3 Å². The highest BCUT2D eigenvalue weighted by Gasteiger charge is 2.29. The number of benzene rings is 1. The summed E-state index contributed by atoms with van der Waals surface area (Å²) in [6.07, 6.45) is 5.54. The number of piperazine rings is 1. The van der Waals surface area contributed by atoms with Crippen LogP contribution in [0, 0.1) is 0 Å². The van der Waals surface area contributed by atoms with Crippen molar-refractivity contribution in [3.05, 3.63) is 35.9 Å². The molecule has 1 aliphatic carbocycles. The van der Waals surface area contributed by atoms with Crippen LogP contribution in [0.15, 0.2) is 30.3 Å². The number of ketones is 1. The maximum absolute atomic E-state index is 12.5. The van der Waals surface area contributed by atoms with E-state index in [4.69, 9.17) is 0 Å². The molecule has 0 radical (unpaired) electrons. The minimum atomic E-state index is -0.00173. The Kier molecular flexibility index (Phi) is 4.71. The number of rotatable bonds is 4. The highest BCUT2D eigenvalue weighted by molar-refractivity contribution is 5.99. The fraction of sp³-hybridized carbons (Fsp3) is 0.611. The number of Topliss-reactive ketones (excluding diaryl/α,β-unsaturated/α-hetero) is 1. The van der Waals surface area contributed by atoms with Gasteiger partial charge in [0.1, 0.15) is 0 Å². The number of carbonyl (C=O) groups excluding carboxylic acids is 1. The Balaban J connectivity index is 1.55. The lowest BCUT2D eigenvalue weighted by molar-refractivity contribution is 0.0603. The number of hydrogen-bond acceptors (Lipinski definition) is 3. The predicted molar refractivity (Wildman–Crippen MR) is 85.6 cm³/mol. The van der Waals surface area contributed by atoms with Gasteiger partial charge in [0.15, 0.2) is 5.78 Å². The van der Waals surface area contributed by atoms with Crippen LogP contribution in [0.2, 0.25) is 0 Å². The lowest BCUT2D eigenvalue weighted by Gasteiger charge is -2.40. The maximum Gasteiger partial charge on any atom is 0.179 e. The van der Waals surface area contributed by atoms with E-state index in [9.17, 15) is 4.79 Å². The van der Waals surface area contributed by atoms with Gasteiger partial charge in [-0.3, -0.25) is 14.6 Å². The standard InChI is InChI=1S/C18H26N2O/c1-15(18(21)16-7-3-2-4-8-16)19-11-13-20(14-12-19)17-9-5-6-10-17/h2-4,7-8,15,17H,5-6,9-14H2,1H3. The molecule has 2 aliphatic rings. The summed E-state index contributed by atoms with van der Waals surface area (Å²) in [5, 5.41) is 0. The van der Waals surface area contributed by atoms with Gasteiger partial charge in [-0.1, -0.05) is 43.2 Å². The van der Waals surface area contributed by atoms with E-state index in [0.717, 1.165) is 37.8 Å². The van der Waals surface area contributed by atoms with Crippen LogP contribution in [-0.4, -0.2) is 53.8 Å². The van der Waals surface area contributed by atoms with Crippen molar-refractivity contribution in [3.8, 4) is 0 Å². The van der Waals surface area contributed by atoms with E-state index >= 15 is 0 Å². The van der Waals surface area contributed by atoms with E-state index in [-0.39, 0.29) is 11.8 Å². The summed E-state index contributed by atoms with van der Waals surface area (Å²) in [5.41, 5.74) is 0.836. The smallest absolute Gasteiger partial charge is 0.179 e. The molecule has 0 N–H and O–H groups in total. The van der Waals surface area contributed by atoms with Gasteiger partial charge in [0.25, 0.3) is 0 Å². The third-order valence-electron chi connectivity index (χ3n) is 5.18. The first kappa shape index (κ1) is 14.7. The molecule has 3 nitrogen and oxygen atoms in total. The first-order valence-electron chi connectivity index (χ1n) is 8.33. The van der Waals surface area contributed by atoms with E-state index in [0.29, 0.717) is 0 Å². The Labute approximate surface area is 127 Å². The number of nitrogens with zero attached hydrogens (tertiary/aromatic N) is 2. The molecule has 0 aromatic heterocycles. The van der Waals surface area contributed by atoms with Gasteiger partial charge in [-0.05, 0) is 19.8 Å². The second-order valence-electron chi connectivity index (χ2n) is 6.42. The van der Waals surface area contributed by atoms with Gasteiger partial charge in [0.05, 0.1) is 6.04 Å². The Hall–Kier alpha value is -1.19. The fourth-order valence-corrected chi connectivity index (χ4v) is 3.77. The van der Waals surface area contributed by atoms with Gasteiger partial charge in [0.2, 0.25) is 0 Å². The molecule has 3 rings (SSSR count). The monoisotopic (exact) mass is 286 g/mol. The molecule has 0 spiro atoms. The van der Waals surface area contributed by atoms with Crippen LogP contribution >= 0.6 is 0 Å². The molecule has 1 saturated carbocycles. The summed E-state index contributed by atoms with van der Waals surface area (Å²) < 4.78 is 0. The second-order valence-corrected chi connectivity index (χ2v) is 6.42. The van der Waals surface area contributed by atoms with Crippen molar-refractivity contribution >= 4 is 5.78 Å². The molecule has 1 unspecified atom stereocenters. The topological polar surface area (TPSA) is 23.6 Å². The lowest BCUT2D eigenvalue weighted by atomic mass is 10.0.